The van der Waals surface area contributed by atoms with Gasteiger partial charge in [0.2, 0.25) is 0 Å². The highest BCUT2D eigenvalue weighted by atomic mass is 31.2. The highest BCUT2D eigenvalue weighted by molar-refractivity contribution is 7.52. The Labute approximate surface area is 365 Å². The molecule has 2 aromatic heterocycles. The van der Waals surface area contributed by atoms with Crippen molar-refractivity contribution in [3.8, 4) is 0 Å². The van der Waals surface area contributed by atoms with Crippen LogP contribution < -0.4 is 0 Å². The summed E-state index contributed by atoms with van der Waals surface area (Å²) in [4.78, 5) is 38.8. The van der Waals surface area contributed by atoms with Crippen molar-refractivity contribution in [2.24, 2.45) is 57.2 Å². The van der Waals surface area contributed by atoms with Crippen LogP contribution in [0.5, 0.6) is 0 Å². The monoisotopic (exact) mass is 851 g/mol. The summed E-state index contributed by atoms with van der Waals surface area (Å²) in [6, 6.07) is 8.53. The number of carbonyl (C=O) groups is 1. The first kappa shape index (κ1) is 44.4. The zero-order chi connectivity index (χ0) is 43.4. The number of aromatic nitrogens is 2. The van der Waals surface area contributed by atoms with Crippen LogP contribution in [-0.2, 0) is 14.1 Å². The number of pyridine rings is 2. The van der Waals surface area contributed by atoms with Gasteiger partial charge in [-0.2, -0.15) is 0 Å². The Bertz CT molecular complexity index is 2110. The third kappa shape index (κ3) is 8.04. The summed E-state index contributed by atoms with van der Waals surface area (Å²) >= 11 is 0. The molecular formula is C52H71N2O6P. The van der Waals surface area contributed by atoms with E-state index in [1.165, 1.54) is 67.2 Å². The number of aliphatic hydroxyl groups excluding tert-OH is 1. The fourth-order valence-electron chi connectivity index (χ4n) is 14.8. The molecule has 0 bridgehead atoms. The van der Waals surface area contributed by atoms with Crippen LogP contribution in [0.25, 0.3) is 11.1 Å². The largest absolute Gasteiger partial charge is 0.462 e. The molecule has 0 saturated heterocycles. The summed E-state index contributed by atoms with van der Waals surface area (Å²) in [5.41, 5.74) is 9.51. The van der Waals surface area contributed by atoms with Gasteiger partial charge in [0, 0.05) is 31.2 Å². The van der Waals surface area contributed by atoms with Gasteiger partial charge in [0.25, 0.3) is 0 Å². The second-order valence-corrected chi connectivity index (χ2v) is 22.3. The SMILES string of the molecule is CC.C[C@]12CC[C@H](O)CC1=CCC1C2CC[C@]2(C)C(c3cccnc3)=CCC12.C[C@]12CC[C@H](OC(=O)CP(=O)(O)O)CC1=CCC1C2CC[C@]2(C)C(c3cccnc3)=CCC12. The molecule has 9 heteroatoms. The smallest absolute Gasteiger partial charge is 0.336 e. The van der Waals surface area contributed by atoms with E-state index in [0.717, 1.165) is 56.3 Å². The summed E-state index contributed by atoms with van der Waals surface area (Å²) in [5.74, 6) is 3.48. The Kier molecular flexibility index (Phi) is 12.5. The minimum absolute atomic E-state index is 0.106. The van der Waals surface area contributed by atoms with Gasteiger partial charge in [0.1, 0.15) is 12.3 Å². The van der Waals surface area contributed by atoms with Crippen LogP contribution in [0.1, 0.15) is 143 Å². The lowest BCUT2D eigenvalue weighted by atomic mass is 9.47. The van der Waals surface area contributed by atoms with E-state index in [2.05, 4.69) is 80.2 Å². The van der Waals surface area contributed by atoms with Gasteiger partial charge in [-0.3, -0.25) is 19.3 Å². The van der Waals surface area contributed by atoms with E-state index in [-0.39, 0.29) is 23.0 Å². The predicted molar refractivity (Wildman–Crippen MR) is 243 cm³/mol. The molecule has 0 radical (unpaired) electrons. The summed E-state index contributed by atoms with van der Waals surface area (Å²) in [7, 11) is -4.39. The Morgan fingerprint density at radius 3 is 1.62 bits per heavy atom. The average molecular weight is 851 g/mol. The van der Waals surface area contributed by atoms with Crippen LogP contribution in [0, 0.1) is 57.2 Å². The molecular weight excluding hydrogens is 780 g/mol. The standard InChI is InChI=1S/C26H34NO5P.C24H31NO.C2H6/c1-25-11-9-19(32-24(28)16-33(29,30)31)14-18(25)5-6-20-22-8-7-21(17-4-3-13-27-15-17)26(22,2)12-10-23(20)25;1-23-11-9-18(26)14-17(23)5-6-19-21-8-7-20(16-4-3-13-25-15-16)24(21,2)12-10-22(19)23;1-2/h3-5,7,13,15,19-20,22-23H,6,8-12,14,16H2,1-2H3,(H2,29,30,31);3-5,7,13,15,18-19,21-22,26H,6,8-12,14H2,1-2H3;1-2H3/t19-,20?,22?,23?,25-,26+;18-,19?,21?,22?,23-,24+;/m00./s1. The highest BCUT2D eigenvalue weighted by Crippen LogP contribution is 2.68. The minimum Gasteiger partial charge on any atom is -0.462 e. The van der Waals surface area contributed by atoms with E-state index in [4.69, 9.17) is 14.5 Å². The van der Waals surface area contributed by atoms with Crippen LogP contribution >= 0.6 is 7.60 Å². The Morgan fingerprint density at radius 2 is 1.15 bits per heavy atom. The lowest BCUT2D eigenvalue weighted by Gasteiger charge is -2.57. The molecule has 4 fully saturated rings. The van der Waals surface area contributed by atoms with E-state index >= 15 is 0 Å². The summed E-state index contributed by atoms with van der Waals surface area (Å²) in [6.45, 7) is 13.9. The molecule has 330 valence electrons. The maximum atomic E-state index is 12.0. The van der Waals surface area contributed by atoms with Crippen molar-refractivity contribution in [3.05, 3.63) is 95.6 Å². The maximum Gasteiger partial charge on any atom is 0.336 e. The molecule has 0 spiro atoms. The topological polar surface area (TPSA) is 130 Å². The molecule has 0 aliphatic heterocycles. The molecule has 4 saturated carbocycles. The highest BCUT2D eigenvalue weighted by Gasteiger charge is 2.58. The van der Waals surface area contributed by atoms with Gasteiger partial charge in [-0.1, -0.05) is 89.1 Å². The first-order chi connectivity index (χ1) is 29.1. The molecule has 3 N–H and O–H groups in total. The Hall–Kier alpha value is -3.16. The van der Waals surface area contributed by atoms with Gasteiger partial charge in [-0.15, -0.1) is 0 Å². The Balaban J connectivity index is 0.000000166. The van der Waals surface area contributed by atoms with E-state index < -0.39 is 19.7 Å². The van der Waals surface area contributed by atoms with Gasteiger partial charge >= 0.3 is 13.6 Å². The number of rotatable bonds is 5. The normalized spacial score (nSPS) is 39.5. The number of carbonyl (C=O) groups excluding carboxylic acids is 1. The summed E-state index contributed by atoms with van der Waals surface area (Å²) in [6.07, 6.45) is 31.6. The molecule has 0 aromatic carbocycles. The lowest BCUT2D eigenvalue weighted by molar-refractivity contribution is -0.148. The van der Waals surface area contributed by atoms with E-state index in [0.29, 0.717) is 35.0 Å². The van der Waals surface area contributed by atoms with Crippen LogP contribution in [0.4, 0.5) is 0 Å². The van der Waals surface area contributed by atoms with Gasteiger partial charge in [0.15, 0.2) is 0 Å². The third-order valence-electron chi connectivity index (χ3n) is 17.9. The number of fused-ring (bicyclic) bond motifs is 10. The van der Waals surface area contributed by atoms with Crippen molar-refractivity contribution in [2.45, 2.75) is 144 Å². The maximum absolute atomic E-state index is 12.0. The number of hydrogen-bond acceptors (Lipinski definition) is 6. The van der Waals surface area contributed by atoms with Crippen molar-refractivity contribution < 1.29 is 29.0 Å². The summed E-state index contributed by atoms with van der Waals surface area (Å²) < 4.78 is 16.6. The van der Waals surface area contributed by atoms with Crippen molar-refractivity contribution in [2.75, 3.05) is 6.16 Å². The molecule has 2 aromatic rings. The van der Waals surface area contributed by atoms with Gasteiger partial charge in [-0.25, -0.2) is 0 Å². The average Bonchev–Trinajstić information content (AvgIpc) is 3.79. The number of allylic oxidation sites excluding steroid dienone is 6. The fraction of sp³-hybridized carbons (Fsp3) is 0.635. The second-order valence-electron chi connectivity index (χ2n) is 20.7. The van der Waals surface area contributed by atoms with Gasteiger partial charge < -0.3 is 19.6 Å². The lowest BCUT2D eigenvalue weighted by Crippen LogP contribution is -2.50. The van der Waals surface area contributed by atoms with Crippen LogP contribution in [-0.4, -0.2) is 49.2 Å². The zero-order valence-electron chi connectivity index (χ0n) is 37.6. The van der Waals surface area contributed by atoms with Crippen LogP contribution in [0.15, 0.2) is 84.5 Å². The molecule has 0 amide bonds. The van der Waals surface area contributed by atoms with Crippen molar-refractivity contribution in [1.29, 1.82) is 0 Å². The zero-order valence-corrected chi connectivity index (χ0v) is 38.5. The van der Waals surface area contributed by atoms with Gasteiger partial charge in [-0.05, 0) is 175 Å². The minimum atomic E-state index is -4.39. The second kappa shape index (κ2) is 17.1. The predicted octanol–water partition coefficient (Wildman–Crippen LogP) is 11.6. The summed E-state index contributed by atoms with van der Waals surface area (Å²) in [5, 5.41) is 10.2. The number of aliphatic hydroxyl groups is 1. The molecule has 10 rings (SSSR count). The number of nitrogens with zero attached hydrogens (tertiary/aromatic N) is 2. The number of hydrogen-bond donors (Lipinski definition) is 3. The van der Waals surface area contributed by atoms with Crippen molar-refractivity contribution >= 4 is 24.7 Å². The molecule has 8 aliphatic carbocycles. The van der Waals surface area contributed by atoms with E-state index in [1.54, 1.807) is 11.1 Å². The molecule has 6 unspecified atom stereocenters. The molecule has 61 heavy (non-hydrogen) atoms. The third-order valence-corrected chi connectivity index (χ3v) is 18.5. The van der Waals surface area contributed by atoms with Crippen LogP contribution in [0.2, 0.25) is 0 Å². The first-order valence-electron chi connectivity index (χ1n) is 23.7. The van der Waals surface area contributed by atoms with Crippen LogP contribution in [0.3, 0.4) is 0 Å². The van der Waals surface area contributed by atoms with E-state index in [9.17, 15) is 14.5 Å². The number of ether oxygens (including phenoxy) is 1. The molecule has 8 nitrogen and oxygen atoms in total. The molecule has 2 heterocycles. The molecule has 12 atom stereocenters. The quantitative estimate of drug-likeness (QED) is 0.154. The van der Waals surface area contributed by atoms with Gasteiger partial charge in [0.05, 0.1) is 6.10 Å². The first-order valence-corrected chi connectivity index (χ1v) is 25.5. The van der Waals surface area contributed by atoms with Crippen molar-refractivity contribution in [1.82, 2.24) is 9.97 Å². The van der Waals surface area contributed by atoms with Crippen molar-refractivity contribution in [3.63, 3.8) is 0 Å². The fourth-order valence-corrected chi connectivity index (χ4v) is 15.2. The molecule has 8 aliphatic rings. The number of esters is 1. The van der Waals surface area contributed by atoms with E-state index in [1.807, 2.05) is 44.7 Å². The Morgan fingerprint density at radius 1 is 0.672 bits per heavy atom.